The summed E-state index contributed by atoms with van der Waals surface area (Å²) >= 11 is 1.66. The van der Waals surface area contributed by atoms with E-state index in [0.29, 0.717) is 6.04 Å². The lowest BCUT2D eigenvalue weighted by molar-refractivity contribution is 0.628. The van der Waals surface area contributed by atoms with Gasteiger partial charge in [0.2, 0.25) is 0 Å². The zero-order valence-corrected chi connectivity index (χ0v) is 14.6. The van der Waals surface area contributed by atoms with Crippen molar-refractivity contribution in [3.05, 3.63) is 69.6 Å². The van der Waals surface area contributed by atoms with Gasteiger partial charge in [0.15, 0.2) is 4.80 Å². The van der Waals surface area contributed by atoms with Crippen molar-refractivity contribution in [1.82, 2.24) is 4.57 Å². The molecule has 0 atom stereocenters. The maximum Gasteiger partial charge on any atom is 0.190 e. The third-order valence-electron chi connectivity index (χ3n) is 4.37. The molecule has 1 aliphatic carbocycles. The van der Waals surface area contributed by atoms with Crippen molar-refractivity contribution in [2.75, 3.05) is 0 Å². The van der Waals surface area contributed by atoms with Crippen molar-refractivity contribution >= 4 is 17.0 Å². The fourth-order valence-electron chi connectivity index (χ4n) is 2.86. The average Bonchev–Trinajstić information content (AvgIpc) is 3.33. The smallest absolute Gasteiger partial charge is 0.190 e. The molecule has 4 rings (SSSR count). The maximum atomic E-state index is 13.2. The topological polar surface area (TPSA) is 17.3 Å². The van der Waals surface area contributed by atoms with Gasteiger partial charge in [-0.1, -0.05) is 12.1 Å². The summed E-state index contributed by atoms with van der Waals surface area (Å²) in [6.07, 6.45) is 2.37. The summed E-state index contributed by atoms with van der Waals surface area (Å²) in [6.45, 7) is 4.18. The van der Waals surface area contributed by atoms with Gasteiger partial charge in [0.05, 0.1) is 11.4 Å². The molecule has 0 saturated heterocycles. The van der Waals surface area contributed by atoms with Crippen LogP contribution in [0, 0.1) is 19.7 Å². The molecule has 1 fully saturated rings. The molecule has 0 radical (unpaired) electrons. The summed E-state index contributed by atoms with van der Waals surface area (Å²) in [6, 6.07) is 13.6. The van der Waals surface area contributed by atoms with E-state index < -0.39 is 0 Å². The summed E-state index contributed by atoms with van der Waals surface area (Å²) < 4.78 is 15.5. The molecule has 0 amide bonds. The number of aromatic nitrogens is 1. The number of hydrogen-bond donors (Lipinski definition) is 0. The van der Waals surface area contributed by atoms with E-state index in [4.69, 9.17) is 4.99 Å². The lowest BCUT2D eigenvalue weighted by Crippen LogP contribution is -2.14. The molecule has 2 nitrogen and oxygen atoms in total. The molecular formula is C20H19FN2S. The summed E-state index contributed by atoms with van der Waals surface area (Å²) in [7, 11) is 0. The molecule has 0 spiro atoms. The van der Waals surface area contributed by atoms with Gasteiger partial charge in [-0.25, -0.2) is 9.38 Å². The summed E-state index contributed by atoms with van der Waals surface area (Å²) in [5, 5.41) is 2.13. The Morgan fingerprint density at radius 2 is 1.83 bits per heavy atom. The van der Waals surface area contributed by atoms with E-state index in [1.807, 2.05) is 12.1 Å². The fourth-order valence-corrected chi connectivity index (χ4v) is 3.84. The van der Waals surface area contributed by atoms with Gasteiger partial charge in [-0.15, -0.1) is 11.3 Å². The summed E-state index contributed by atoms with van der Waals surface area (Å²) in [5.41, 5.74) is 5.60. The van der Waals surface area contributed by atoms with Crippen molar-refractivity contribution in [1.29, 1.82) is 0 Å². The lowest BCUT2D eigenvalue weighted by atomic mass is 10.1. The van der Waals surface area contributed by atoms with E-state index in [9.17, 15) is 4.39 Å². The summed E-state index contributed by atoms with van der Waals surface area (Å²) in [5.74, 6) is -0.202. The molecule has 0 bridgehead atoms. The zero-order valence-electron chi connectivity index (χ0n) is 13.8. The van der Waals surface area contributed by atoms with Crippen LogP contribution in [-0.4, -0.2) is 4.57 Å². The normalized spacial score (nSPS) is 15.0. The SMILES string of the molecule is Cc1ccc(C)c(N=c2scc(-c3ccc(F)cc3)n2C2CC2)c1. The van der Waals surface area contributed by atoms with Crippen molar-refractivity contribution in [2.45, 2.75) is 32.7 Å². The van der Waals surface area contributed by atoms with Crippen LogP contribution in [0.25, 0.3) is 11.3 Å². The molecule has 0 unspecified atom stereocenters. The first-order valence-corrected chi connectivity index (χ1v) is 9.08. The Balaban J connectivity index is 1.86. The Labute approximate surface area is 144 Å². The highest BCUT2D eigenvalue weighted by molar-refractivity contribution is 7.07. The Morgan fingerprint density at radius 1 is 1.08 bits per heavy atom. The summed E-state index contributed by atoms with van der Waals surface area (Å²) in [4.78, 5) is 5.95. The highest BCUT2D eigenvalue weighted by atomic mass is 32.1. The van der Waals surface area contributed by atoms with Gasteiger partial charge in [0.25, 0.3) is 0 Å². The monoisotopic (exact) mass is 338 g/mol. The Bertz CT molecular complexity index is 947. The molecule has 4 heteroatoms. The number of halogens is 1. The Hall–Kier alpha value is -2.20. The lowest BCUT2D eigenvalue weighted by Gasteiger charge is -2.08. The number of nitrogens with zero attached hydrogens (tertiary/aromatic N) is 2. The first kappa shape index (κ1) is 15.3. The minimum absolute atomic E-state index is 0.202. The number of aryl methyl sites for hydroxylation is 2. The van der Waals surface area contributed by atoms with Gasteiger partial charge in [0, 0.05) is 11.4 Å². The predicted molar refractivity (Wildman–Crippen MR) is 97.1 cm³/mol. The predicted octanol–water partition coefficient (Wildman–Crippen LogP) is 5.54. The van der Waals surface area contributed by atoms with E-state index in [0.717, 1.165) is 21.7 Å². The van der Waals surface area contributed by atoms with Gasteiger partial charge in [0.1, 0.15) is 5.82 Å². The largest absolute Gasteiger partial charge is 0.313 e. The molecule has 1 heterocycles. The first-order chi connectivity index (χ1) is 11.6. The molecule has 1 aliphatic rings. The highest BCUT2D eigenvalue weighted by Gasteiger charge is 2.27. The van der Waals surface area contributed by atoms with Crippen molar-refractivity contribution in [3.8, 4) is 11.3 Å². The minimum atomic E-state index is -0.202. The Kier molecular flexibility index (Phi) is 3.85. The molecule has 0 aliphatic heterocycles. The van der Waals surface area contributed by atoms with Crippen LogP contribution >= 0.6 is 11.3 Å². The van der Waals surface area contributed by atoms with E-state index in [2.05, 4.69) is 42.0 Å². The average molecular weight is 338 g/mol. The van der Waals surface area contributed by atoms with Crippen molar-refractivity contribution in [2.24, 2.45) is 4.99 Å². The fraction of sp³-hybridized carbons (Fsp3) is 0.250. The van der Waals surface area contributed by atoms with Gasteiger partial charge in [-0.3, -0.25) is 0 Å². The van der Waals surface area contributed by atoms with Crippen LogP contribution in [0.3, 0.4) is 0 Å². The number of benzene rings is 2. The first-order valence-electron chi connectivity index (χ1n) is 8.20. The van der Waals surface area contributed by atoms with E-state index >= 15 is 0 Å². The molecular weight excluding hydrogens is 319 g/mol. The highest BCUT2D eigenvalue weighted by Crippen LogP contribution is 2.38. The van der Waals surface area contributed by atoms with E-state index in [1.54, 1.807) is 11.3 Å². The van der Waals surface area contributed by atoms with E-state index in [-0.39, 0.29) is 5.82 Å². The van der Waals surface area contributed by atoms with Gasteiger partial charge < -0.3 is 4.57 Å². The second kappa shape index (κ2) is 6.02. The number of hydrogen-bond acceptors (Lipinski definition) is 2. The maximum absolute atomic E-state index is 13.2. The van der Waals surface area contributed by atoms with Gasteiger partial charge in [-0.2, -0.15) is 0 Å². The number of rotatable bonds is 3. The molecule has 2 aromatic carbocycles. The van der Waals surface area contributed by atoms with Crippen LogP contribution in [-0.2, 0) is 0 Å². The molecule has 1 aromatic heterocycles. The van der Waals surface area contributed by atoms with Crippen molar-refractivity contribution in [3.63, 3.8) is 0 Å². The van der Waals surface area contributed by atoms with Crippen LogP contribution in [0.1, 0.15) is 30.0 Å². The molecule has 0 N–H and O–H groups in total. The quantitative estimate of drug-likeness (QED) is 0.596. The molecule has 122 valence electrons. The van der Waals surface area contributed by atoms with Crippen LogP contribution in [0.5, 0.6) is 0 Å². The second-order valence-corrected chi connectivity index (χ2v) is 7.25. The van der Waals surface area contributed by atoms with Crippen LogP contribution in [0.4, 0.5) is 10.1 Å². The van der Waals surface area contributed by atoms with E-state index in [1.165, 1.54) is 36.1 Å². The second-order valence-electron chi connectivity index (χ2n) is 6.41. The van der Waals surface area contributed by atoms with Gasteiger partial charge >= 0.3 is 0 Å². The van der Waals surface area contributed by atoms with Crippen LogP contribution < -0.4 is 4.80 Å². The Morgan fingerprint density at radius 3 is 2.54 bits per heavy atom. The van der Waals surface area contributed by atoms with Crippen LogP contribution in [0.2, 0.25) is 0 Å². The molecule has 1 saturated carbocycles. The van der Waals surface area contributed by atoms with Gasteiger partial charge in [-0.05, 0) is 73.7 Å². The third-order valence-corrected chi connectivity index (χ3v) is 5.21. The molecule has 24 heavy (non-hydrogen) atoms. The van der Waals surface area contributed by atoms with Crippen LogP contribution in [0.15, 0.2) is 52.8 Å². The standard InChI is InChI=1S/C20H19FN2S/c1-13-3-4-14(2)18(11-13)22-20-23(17-9-10-17)19(12-24-20)15-5-7-16(21)8-6-15/h3-8,11-12,17H,9-10H2,1-2H3. The molecule has 3 aromatic rings. The zero-order chi connectivity index (χ0) is 16.7. The minimum Gasteiger partial charge on any atom is -0.313 e. The third kappa shape index (κ3) is 2.94. The van der Waals surface area contributed by atoms with Crippen molar-refractivity contribution < 1.29 is 4.39 Å². The number of thiazole rings is 1.